The molecule has 3 aromatic rings. The van der Waals surface area contributed by atoms with Gasteiger partial charge in [-0.1, -0.05) is 48.9 Å². The van der Waals surface area contributed by atoms with Crippen molar-refractivity contribution in [3.05, 3.63) is 77.7 Å². The van der Waals surface area contributed by atoms with Gasteiger partial charge in [0.1, 0.15) is 12.4 Å². The fraction of sp³-hybridized carbons (Fsp3) is 0.423. The molecule has 0 amide bonds. The van der Waals surface area contributed by atoms with Gasteiger partial charge in [0.25, 0.3) is 10.0 Å². The fourth-order valence-corrected chi connectivity index (χ4v) is 5.75. The number of sulfonamides is 1. The van der Waals surface area contributed by atoms with E-state index in [4.69, 9.17) is 4.74 Å². The van der Waals surface area contributed by atoms with E-state index in [1.165, 1.54) is 37.4 Å². The van der Waals surface area contributed by atoms with Crippen LogP contribution in [0, 0.1) is 5.92 Å². The molecule has 1 aliphatic carbocycles. The van der Waals surface area contributed by atoms with Crippen LogP contribution < -0.4 is 14.8 Å². The van der Waals surface area contributed by atoms with E-state index in [2.05, 4.69) is 45.4 Å². The molecule has 1 aliphatic heterocycles. The lowest BCUT2D eigenvalue weighted by Crippen LogP contribution is -2.46. The van der Waals surface area contributed by atoms with E-state index in [9.17, 15) is 8.42 Å². The third-order valence-electron chi connectivity index (χ3n) is 6.99. The molecule has 5 rings (SSSR count). The quantitative estimate of drug-likeness (QED) is 0.491. The Morgan fingerprint density at radius 3 is 2.65 bits per heavy atom. The molecular weight excluding hydrogens is 448 g/mol. The Morgan fingerprint density at radius 2 is 1.94 bits per heavy atom. The maximum atomic E-state index is 12.6. The van der Waals surface area contributed by atoms with Crippen molar-refractivity contribution in [2.45, 2.75) is 49.2 Å². The van der Waals surface area contributed by atoms with Crippen LogP contribution in [-0.4, -0.2) is 37.2 Å². The standard InChI is InChI=1S/C26H32N4O3S/c1-30-16-26(28-18-30)34(31,32)29-15-21-10-11-25-23(13-21)22(12-19-6-3-2-4-7-19)24(17-33-25)27-14-20-8-5-9-20/h2-4,6-7,10-11,13,16,18,20,22,24,27,29H,5,8-9,12,14-15,17H2,1H3/t22-,24+/m1/s1. The number of nitrogens with one attached hydrogen (secondary N) is 2. The molecule has 180 valence electrons. The summed E-state index contributed by atoms with van der Waals surface area (Å²) in [6.07, 6.45) is 7.83. The van der Waals surface area contributed by atoms with Gasteiger partial charge in [-0.15, -0.1) is 0 Å². The van der Waals surface area contributed by atoms with Gasteiger partial charge in [-0.25, -0.2) is 18.1 Å². The Balaban J connectivity index is 1.36. The van der Waals surface area contributed by atoms with Gasteiger partial charge in [0, 0.05) is 31.7 Å². The van der Waals surface area contributed by atoms with Gasteiger partial charge in [-0.05, 0) is 54.5 Å². The van der Waals surface area contributed by atoms with Crippen LogP contribution >= 0.6 is 0 Å². The molecule has 2 atom stereocenters. The minimum absolute atomic E-state index is 0.0264. The van der Waals surface area contributed by atoms with E-state index < -0.39 is 10.0 Å². The molecule has 0 unspecified atom stereocenters. The third-order valence-corrected chi connectivity index (χ3v) is 8.28. The maximum Gasteiger partial charge on any atom is 0.259 e. The monoisotopic (exact) mass is 480 g/mol. The van der Waals surface area contributed by atoms with Crippen molar-refractivity contribution in [2.24, 2.45) is 13.0 Å². The molecule has 0 radical (unpaired) electrons. The highest BCUT2D eigenvalue weighted by molar-refractivity contribution is 7.89. The summed E-state index contributed by atoms with van der Waals surface area (Å²) in [7, 11) is -1.92. The number of aromatic nitrogens is 2. The van der Waals surface area contributed by atoms with E-state index in [0.717, 1.165) is 35.8 Å². The number of rotatable bonds is 9. The zero-order chi connectivity index (χ0) is 23.5. The van der Waals surface area contributed by atoms with Gasteiger partial charge in [-0.3, -0.25) is 0 Å². The number of fused-ring (bicyclic) bond motifs is 1. The summed E-state index contributed by atoms with van der Waals surface area (Å²) < 4.78 is 35.7. The molecule has 1 aromatic heterocycles. The number of hydrogen-bond acceptors (Lipinski definition) is 5. The molecule has 2 heterocycles. The molecule has 2 N–H and O–H groups in total. The molecule has 1 saturated carbocycles. The van der Waals surface area contributed by atoms with Crippen molar-refractivity contribution in [3.8, 4) is 5.75 Å². The number of hydrogen-bond donors (Lipinski definition) is 2. The third kappa shape index (κ3) is 5.19. The molecule has 34 heavy (non-hydrogen) atoms. The lowest BCUT2D eigenvalue weighted by Gasteiger charge is -2.37. The highest BCUT2D eigenvalue weighted by atomic mass is 32.2. The topological polar surface area (TPSA) is 85.2 Å². The predicted octanol–water partition coefficient (Wildman–Crippen LogP) is 3.38. The van der Waals surface area contributed by atoms with Crippen molar-refractivity contribution in [1.82, 2.24) is 19.6 Å². The predicted molar refractivity (Wildman–Crippen MR) is 131 cm³/mol. The molecule has 0 bridgehead atoms. The molecule has 7 nitrogen and oxygen atoms in total. The largest absolute Gasteiger partial charge is 0.492 e. The van der Waals surface area contributed by atoms with E-state index in [1.54, 1.807) is 11.6 Å². The molecule has 2 aromatic carbocycles. The summed E-state index contributed by atoms with van der Waals surface area (Å²) in [5.41, 5.74) is 3.33. The van der Waals surface area contributed by atoms with Crippen LogP contribution in [0.4, 0.5) is 0 Å². The van der Waals surface area contributed by atoms with Gasteiger partial charge in [-0.2, -0.15) is 0 Å². The first-order valence-corrected chi connectivity index (χ1v) is 13.5. The number of ether oxygens (including phenoxy) is 1. The van der Waals surface area contributed by atoms with Crippen molar-refractivity contribution in [1.29, 1.82) is 0 Å². The van der Waals surface area contributed by atoms with Crippen LogP contribution in [0.5, 0.6) is 5.75 Å². The van der Waals surface area contributed by atoms with E-state index >= 15 is 0 Å². The van der Waals surface area contributed by atoms with Gasteiger partial charge in [0.2, 0.25) is 0 Å². The number of benzene rings is 2. The maximum absolute atomic E-state index is 12.6. The van der Waals surface area contributed by atoms with Crippen molar-refractivity contribution < 1.29 is 13.2 Å². The number of nitrogens with zero attached hydrogens (tertiary/aromatic N) is 2. The van der Waals surface area contributed by atoms with Crippen LogP contribution in [0.25, 0.3) is 0 Å². The second kappa shape index (κ2) is 9.90. The summed E-state index contributed by atoms with van der Waals surface area (Å²) in [6.45, 7) is 1.87. The molecule has 0 saturated heterocycles. The summed E-state index contributed by atoms with van der Waals surface area (Å²) in [5.74, 6) is 1.91. The van der Waals surface area contributed by atoms with Crippen LogP contribution in [0.3, 0.4) is 0 Å². The Labute approximate surface area is 201 Å². The molecule has 0 spiro atoms. The van der Waals surface area contributed by atoms with E-state index in [1.807, 2.05) is 18.2 Å². The zero-order valence-electron chi connectivity index (χ0n) is 19.5. The lowest BCUT2D eigenvalue weighted by atomic mass is 9.81. The van der Waals surface area contributed by atoms with Crippen LogP contribution in [0.15, 0.2) is 66.1 Å². The van der Waals surface area contributed by atoms with Gasteiger partial charge >= 0.3 is 0 Å². The summed E-state index contributed by atoms with van der Waals surface area (Å²) in [6, 6.07) is 16.8. The van der Waals surface area contributed by atoms with E-state index in [-0.39, 0.29) is 23.5 Å². The Morgan fingerprint density at radius 1 is 1.12 bits per heavy atom. The van der Waals surface area contributed by atoms with Crippen molar-refractivity contribution >= 4 is 10.0 Å². The molecule has 1 fully saturated rings. The fourth-order valence-electron chi connectivity index (χ4n) is 4.76. The first-order chi connectivity index (χ1) is 16.5. The second-order valence-electron chi connectivity index (χ2n) is 9.49. The van der Waals surface area contributed by atoms with Crippen LogP contribution in [0.2, 0.25) is 0 Å². The second-order valence-corrected chi connectivity index (χ2v) is 11.2. The van der Waals surface area contributed by atoms with Gasteiger partial charge < -0.3 is 14.6 Å². The van der Waals surface area contributed by atoms with Crippen molar-refractivity contribution in [2.75, 3.05) is 13.2 Å². The van der Waals surface area contributed by atoms with Crippen LogP contribution in [0.1, 0.15) is 41.9 Å². The molecular formula is C26H32N4O3S. The molecule has 2 aliphatic rings. The average molecular weight is 481 g/mol. The minimum Gasteiger partial charge on any atom is -0.492 e. The number of imidazole rings is 1. The minimum atomic E-state index is -3.67. The summed E-state index contributed by atoms with van der Waals surface area (Å²) in [4.78, 5) is 3.97. The number of aryl methyl sites for hydroxylation is 1. The Kier molecular flexibility index (Phi) is 6.72. The smallest absolute Gasteiger partial charge is 0.259 e. The first-order valence-electron chi connectivity index (χ1n) is 12.0. The Hall–Kier alpha value is -2.68. The van der Waals surface area contributed by atoms with Gasteiger partial charge in [0.15, 0.2) is 5.03 Å². The summed E-state index contributed by atoms with van der Waals surface area (Å²) >= 11 is 0. The highest BCUT2D eigenvalue weighted by Gasteiger charge is 2.32. The van der Waals surface area contributed by atoms with Gasteiger partial charge in [0.05, 0.1) is 6.33 Å². The summed E-state index contributed by atoms with van der Waals surface area (Å²) in [5, 5.41) is 3.81. The Bertz CT molecular complexity index is 1220. The van der Waals surface area contributed by atoms with E-state index in [0.29, 0.717) is 6.61 Å². The highest BCUT2D eigenvalue weighted by Crippen LogP contribution is 2.37. The van der Waals surface area contributed by atoms with Crippen LogP contribution in [-0.2, 0) is 30.0 Å². The average Bonchev–Trinajstić information content (AvgIpc) is 3.26. The lowest BCUT2D eigenvalue weighted by molar-refractivity contribution is 0.194. The van der Waals surface area contributed by atoms with Crippen molar-refractivity contribution in [3.63, 3.8) is 0 Å². The zero-order valence-corrected chi connectivity index (χ0v) is 20.3. The molecule has 8 heteroatoms. The SMILES string of the molecule is Cn1cnc(S(=O)(=O)NCc2ccc3c(c2)[C@@H](Cc2ccccc2)[C@@H](NCC2CCC2)CO3)c1. The first kappa shape index (κ1) is 23.1. The normalized spacial score (nSPS) is 20.4.